The molecule has 0 radical (unpaired) electrons. The minimum atomic E-state index is -0.576. The first-order valence-electron chi connectivity index (χ1n) is 3.97. The molecule has 0 spiro atoms. The van der Waals surface area contributed by atoms with E-state index < -0.39 is 5.97 Å². The first-order chi connectivity index (χ1) is 6.74. The molecule has 0 aliphatic heterocycles. The Bertz CT molecular complexity index is 490. The highest BCUT2D eigenvalue weighted by Gasteiger charge is 2.14. The molecule has 72 valence electrons. The standard InChI is InChI=1S/C9H8N2O3/c1-14-9(13)5-2-3-6-7(8(5)12)11-4-10-6/h2-4,12H,1H3,(H,10,11). The van der Waals surface area contributed by atoms with Crippen molar-refractivity contribution in [2.24, 2.45) is 0 Å². The Morgan fingerprint density at radius 3 is 3.07 bits per heavy atom. The zero-order valence-electron chi connectivity index (χ0n) is 7.44. The van der Waals surface area contributed by atoms with Crippen LogP contribution in [0.5, 0.6) is 5.75 Å². The summed E-state index contributed by atoms with van der Waals surface area (Å²) in [7, 11) is 1.26. The van der Waals surface area contributed by atoms with E-state index in [0.29, 0.717) is 11.0 Å². The maximum atomic E-state index is 11.2. The average Bonchev–Trinajstić information content (AvgIpc) is 2.66. The summed E-state index contributed by atoms with van der Waals surface area (Å²) in [4.78, 5) is 17.9. The van der Waals surface area contributed by atoms with Crippen LogP contribution in [0.4, 0.5) is 0 Å². The topological polar surface area (TPSA) is 75.2 Å². The van der Waals surface area contributed by atoms with Crippen LogP contribution in [0.1, 0.15) is 10.4 Å². The highest BCUT2D eigenvalue weighted by molar-refractivity contribution is 5.98. The predicted octanol–water partition coefficient (Wildman–Crippen LogP) is 1.06. The summed E-state index contributed by atoms with van der Waals surface area (Å²) < 4.78 is 4.51. The molecule has 1 aromatic heterocycles. The Morgan fingerprint density at radius 1 is 1.57 bits per heavy atom. The van der Waals surface area contributed by atoms with E-state index in [1.54, 1.807) is 6.07 Å². The van der Waals surface area contributed by atoms with Gasteiger partial charge in [-0.15, -0.1) is 0 Å². The van der Waals surface area contributed by atoms with Gasteiger partial charge in [-0.2, -0.15) is 0 Å². The number of phenols is 1. The number of fused-ring (bicyclic) bond motifs is 1. The first kappa shape index (κ1) is 8.55. The van der Waals surface area contributed by atoms with E-state index in [1.165, 1.54) is 19.5 Å². The molecule has 2 rings (SSSR count). The third-order valence-electron chi connectivity index (χ3n) is 1.97. The van der Waals surface area contributed by atoms with E-state index in [4.69, 9.17) is 0 Å². The van der Waals surface area contributed by atoms with E-state index >= 15 is 0 Å². The van der Waals surface area contributed by atoms with Gasteiger partial charge in [-0.25, -0.2) is 9.78 Å². The van der Waals surface area contributed by atoms with Crippen molar-refractivity contribution in [3.05, 3.63) is 24.0 Å². The smallest absolute Gasteiger partial charge is 0.341 e. The van der Waals surface area contributed by atoms with Crippen LogP contribution >= 0.6 is 0 Å². The van der Waals surface area contributed by atoms with Gasteiger partial charge in [0.15, 0.2) is 5.75 Å². The quantitative estimate of drug-likeness (QED) is 0.662. The van der Waals surface area contributed by atoms with Gasteiger partial charge in [0.05, 0.1) is 19.0 Å². The first-order valence-corrected chi connectivity index (χ1v) is 3.97. The van der Waals surface area contributed by atoms with Crippen molar-refractivity contribution in [3.8, 4) is 5.75 Å². The Labute approximate surface area is 79.3 Å². The Kier molecular flexibility index (Phi) is 1.85. The zero-order chi connectivity index (χ0) is 10.1. The lowest BCUT2D eigenvalue weighted by atomic mass is 10.2. The number of ether oxygens (including phenoxy) is 1. The minimum Gasteiger partial charge on any atom is -0.505 e. The Balaban J connectivity index is 2.67. The maximum Gasteiger partial charge on any atom is 0.341 e. The van der Waals surface area contributed by atoms with Gasteiger partial charge in [0.1, 0.15) is 11.1 Å². The molecule has 0 amide bonds. The summed E-state index contributed by atoms with van der Waals surface area (Å²) in [5.74, 6) is -0.733. The Hall–Kier alpha value is -2.04. The molecule has 0 saturated carbocycles. The van der Waals surface area contributed by atoms with Gasteiger partial charge in [-0.3, -0.25) is 0 Å². The van der Waals surface area contributed by atoms with Gasteiger partial charge in [-0.05, 0) is 12.1 Å². The number of rotatable bonds is 1. The van der Waals surface area contributed by atoms with Crippen molar-refractivity contribution < 1.29 is 14.6 Å². The molecule has 0 aliphatic rings. The number of nitrogens with one attached hydrogen (secondary N) is 1. The van der Waals surface area contributed by atoms with Crippen molar-refractivity contribution in [1.82, 2.24) is 9.97 Å². The van der Waals surface area contributed by atoms with Gasteiger partial charge in [0.2, 0.25) is 0 Å². The fourth-order valence-corrected chi connectivity index (χ4v) is 1.27. The number of carbonyl (C=O) groups is 1. The molecule has 0 fully saturated rings. The third kappa shape index (κ3) is 1.10. The fourth-order valence-electron chi connectivity index (χ4n) is 1.27. The van der Waals surface area contributed by atoms with Crippen LogP contribution < -0.4 is 0 Å². The van der Waals surface area contributed by atoms with E-state index in [1.807, 2.05) is 0 Å². The van der Waals surface area contributed by atoms with Gasteiger partial charge in [-0.1, -0.05) is 0 Å². The van der Waals surface area contributed by atoms with Crippen LogP contribution in [0.3, 0.4) is 0 Å². The van der Waals surface area contributed by atoms with Gasteiger partial charge >= 0.3 is 5.97 Å². The second kappa shape index (κ2) is 3.02. The average molecular weight is 192 g/mol. The molecule has 5 heteroatoms. The highest BCUT2D eigenvalue weighted by Crippen LogP contribution is 2.26. The number of H-pyrrole nitrogens is 1. The predicted molar refractivity (Wildman–Crippen MR) is 49.1 cm³/mol. The number of aromatic amines is 1. The molecule has 1 aromatic carbocycles. The second-order valence-electron chi connectivity index (χ2n) is 2.75. The molecule has 1 heterocycles. The van der Waals surface area contributed by atoms with E-state index in [0.717, 1.165) is 0 Å². The molecule has 0 atom stereocenters. The number of aromatic nitrogens is 2. The van der Waals surface area contributed by atoms with Crippen LogP contribution in [-0.2, 0) is 4.74 Å². The molecule has 5 nitrogen and oxygen atoms in total. The van der Waals surface area contributed by atoms with Crippen LogP contribution in [0.2, 0.25) is 0 Å². The SMILES string of the molecule is COC(=O)c1ccc2[nH]cnc2c1O. The lowest BCUT2D eigenvalue weighted by Crippen LogP contribution is -2.01. The highest BCUT2D eigenvalue weighted by atomic mass is 16.5. The number of carbonyl (C=O) groups excluding carboxylic acids is 1. The minimum absolute atomic E-state index is 0.118. The molecular weight excluding hydrogens is 184 g/mol. The maximum absolute atomic E-state index is 11.2. The molecule has 0 unspecified atom stereocenters. The van der Waals surface area contributed by atoms with E-state index in [2.05, 4.69) is 14.7 Å². The van der Waals surface area contributed by atoms with Crippen molar-refractivity contribution in [3.63, 3.8) is 0 Å². The van der Waals surface area contributed by atoms with Gasteiger partial charge in [0, 0.05) is 0 Å². The molecule has 14 heavy (non-hydrogen) atoms. The lowest BCUT2D eigenvalue weighted by molar-refractivity contribution is 0.0598. The molecule has 2 N–H and O–H groups in total. The van der Waals surface area contributed by atoms with E-state index in [-0.39, 0.29) is 11.3 Å². The normalized spacial score (nSPS) is 10.4. The number of methoxy groups -OCH3 is 1. The van der Waals surface area contributed by atoms with Crippen molar-refractivity contribution in [2.45, 2.75) is 0 Å². The Morgan fingerprint density at radius 2 is 2.36 bits per heavy atom. The van der Waals surface area contributed by atoms with Crippen molar-refractivity contribution in [2.75, 3.05) is 7.11 Å². The zero-order valence-corrected chi connectivity index (χ0v) is 7.44. The number of esters is 1. The number of benzene rings is 1. The fraction of sp³-hybridized carbons (Fsp3) is 0.111. The molecule has 0 bridgehead atoms. The van der Waals surface area contributed by atoms with Gasteiger partial charge in [0.25, 0.3) is 0 Å². The summed E-state index contributed by atoms with van der Waals surface area (Å²) in [6, 6.07) is 3.15. The largest absolute Gasteiger partial charge is 0.505 e. The van der Waals surface area contributed by atoms with Crippen LogP contribution in [0.15, 0.2) is 18.5 Å². The van der Waals surface area contributed by atoms with Crippen molar-refractivity contribution in [1.29, 1.82) is 0 Å². The summed E-state index contributed by atoms with van der Waals surface area (Å²) in [5, 5.41) is 9.66. The van der Waals surface area contributed by atoms with Crippen LogP contribution in [-0.4, -0.2) is 28.2 Å². The van der Waals surface area contributed by atoms with Crippen molar-refractivity contribution >= 4 is 17.0 Å². The third-order valence-corrected chi connectivity index (χ3v) is 1.97. The lowest BCUT2D eigenvalue weighted by Gasteiger charge is -2.01. The number of hydrogen-bond acceptors (Lipinski definition) is 4. The molecule has 0 saturated heterocycles. The van der Waals surface area contributed by atoms with Gasteiger partial charge < -0.3 is 14.8 Å². The monoisotopic (exact) mass is 192 g/mol. The molecular formula is C9H8N2O3. The number of phenolic OH excluding ortho intramolecular Hbond substituents is 1. The summed E-state index contributed by atoms with van der Waals surface area (Å²) in [6.07, 6.45) is 1.45. The molecule has 2 aromatic rings. The van der Waals surface area contributed by atoms with Crippen LogP contribution in [0, 0.1) is 0 Å². The number of nitrogens with zero attached hydrogens (tertiary/aromatic N) is 1. The summed E-state index contributed by atoms with van der Waals surface area (Å²) in [6.45, 7) is 0. The van der Waals surface area contributed by atoms with E-state index in [9.17, 15) is 9.90 Å². The number of hydrogen-bond donors (Lipinski definition) is 2. The molecule has 0 aliphatic carbocycles. The summed E-state index contributed by atoms with van der Waals surface area (Å²) >= 11 is 0. The number of aromatic hydroxyl groups is 1. The summed E-state index contributed by atoms with van der Waals surface area (Å²) in [5.41, 5.74) is 1.16. The number of imidazole rings is 1. The second-order valence-corrected chi connectivity index (χ2v) is 2.75. The van der Waals surface area contributed by atoms with Crippen LogP contribution in [0.25, 0.3) is 11.0 Å².